The van der Waals surface area contributed by atoms with E-state index in [2.05, 4.69) is 50.5 Å². The number of hydrogen-bond donors (Lipinski definition) is 2. The van der Waals surface area contributed by atoms with Crippen LogP contribution in [0.5, 0.6) is 0 Å². The van der Waals surface area contributed by atoms with Crippen LogP contribution >= 0.6 is 15.9 Å². The number of rotatable bonds is 5. The van der Waals surface area contributed by atoms with E-state index in [1.165, 1.54) is 44.9 Å². The molecule has 4 saturated carbocycles. The molecule has 30 heavy (non-hydrogen) atoms. The van der Waals surface area contributed by atoms with Gasteiger partial charge >= 0.3 is 0 Å². The van der Waals surface area contributed by atoms with Crippen LogP contribution in [0.4, 0.5) is 0 Å². The summed E-state index contributed by atoms with van der Waals surface area (Å²) in [6, 6.07) is 0. The van der Waals surface area contributed by atoms with Crippen LogP contribution in [-0.4, -0.2) is 27.2 Å². The molecule has 4 aliphatic carbocycles. The highest BCUT2D eigenvalue weighted by atomic mass is 79.9. The van der Waals surface area contributed by atoms with Gasteiger partial charge in [-0.1, -0.05) is 69.8 Å². The fraction of sp³-hybridized carbons (Fsp3) is 1.00. The summed E-state index contributed by atoms with van der Waals surface area (Å²) < 4.78 is 0. The minimum Gasteiger partial charge on any atom is -0.393 e. The second-order valence-corrected chi connectivity index (χ2v) is 13.9. The lowest BCUT2D eigenvalue weighted by atomic mass is 9.43. The van der Waals surface area contributed by atoms with Crippen molar-refractivity contribution >= 4 is 15.9 Å². The first-order chi connectivity index (χ1) is 14.1. The van der Waals surface area contributed by atoms with Gasteiger partial charge in [0.1, 0.15) is 0 Å². The van der Waals surface area contributed by atoms with Crippen LogP contribution in [-0.2, 0) is 0 Å². The van der Waals surface area contributed by atoms with Gasteiger partial charge in [0.05, 0.1) is 12.2 Å². The number of hydrogen-bond acceptors (Lipinski definition) is 2. The van der Waals surface area contributed by atoms with E-state index >= 15 is 0 Å². The maximum atomic E-state index is 11.6. The van der Waals surface area contributed by atoms with Gasteiger partial charge in [-0.2, -0.15) is 0 Å². The minimum atomic E-state index is -0.252. The Bertz CT molecular complexity index is 608. The summed E-state index contributed by atoms with van der Waals surface area (Å²) in [7, 11) is 0. The van der Waals surface area contributed by atoms with Gasteiger partial charge in [-0.25, -0.2) is 0 Å². The van der Waals surface area contributed by atoms with Crippen molar-refractivity contribution in [2.75, 3.05) is 0 Å². The molecule has 0 unspecified atom stereocenters. The summed E-state index contributed by atoms with van der Waals surface area (Å²) in [6.07, 6.45) is 11.9. The maximum Gasteiger partial charge on any atom is 0.0701 e. The predicted octanol–water partition coefficient (Wildman–Crippen LogP) is 6.81. The molecule has 3 heteroatoms. The van der Waals surface area contributed by atoms with E-state index in [4.69, 9.17) is 0 Å². The Labute approximate surface area is 194 Å². The molecule has 4 aliphatic rings. The Morgan fingerprint density at radius 3 is 2.23 bits per heavy atom. The molecule has 2 N–H and O–H groups in total. The Balaban J connectivity index is 1.54. The van der Waals surface area contributed by atoms with Crippen LogP contribution < -0.4 is 0 Å². The van der Waals surface area contributed by atoms with E-state index in [1.54, 1.807) is 0 Å². The smallest absolute Gasteiger partial charge is 0.0701 e. The molecule has 4 fully saturated rings. The van der Waals surface area contributed by atoms with Crippen LogP contribution in [0, 0.1) is 52.3 Å². The molecule has 174 valence electrons. The van der Waals surface area contributed by atoms with Crippen molar-refractivity contribution < 1.29 is 10.2 Å². The molecule has 0 aromatic heterocycles. The molecule has 0 spiro atoms. The van der Waals surface area contributed by atoms with Gasteiger partial charge < -0.3 is 10.2 Å². The average molecular weight is 484 g/mol. The van der Waals surface area contributed by atoms with E-state index in [0.29, 0.717) is 29.1 Å². The van der Waals surface area contributed by atoms with E-state index < -0.39 is 0 Å². The van der Waals surface area contributed by atoms with Crippen molar-refractivity contribution in [1.82, 2.24) is 0 Å². The molecule has 0 bridgehead atoms. The first-order valence-corrected chi connectivity index (χ1v) is 14.0. The van der Waals surface area contributed by atoms with Crippen molar-refractivity contribution in [2.45, 2.75) is 116 Å². The Morgan fingerprint density at radius 1 is 0.867 bits per heavy atom. The molecule has 0 aromatic rings. The lowest BCUT2D eigenvalue weighted by Crippen LogP contribution is -2.62. The maximum absolute atomic E-state index is 11.6. The first-order valence-electron chi connectivity index (χ1n) is 13.1. The molecule has 0 aliphatic heterocycles. The zero-order valence-electron chi connectivity index (χ0n) is 20.1. The summed E-state index contributed by atoms with van der Waals surface area (Å²) in [5, 5.41) is 21.9. The fourth-order valence-electron chi connectivity index (χ4n) is 9.21. The number of fused-ring (bicyclic) bond motifs is 5. The zero-order chi connectivity index (χ0) is 21.8. The summed E-state index contributed by atoms with van der Waals surface area (Å²) in [4.78, 5) is 0.142. The van der Waals surface area contributed by atoms with E-state index in [9.17, 15) is 10.2 Å². The van der Waals surface area contributed by atoms with Crippen molar-refractivity contribution in [1.29, 1.82) is 0 Å². The van der Waals surface area contributed by atoms with E-state index in [1.807, 2.05) is 0 Å². The standard InChI is InChI=1S/C27H47BrO2/c1-16(2)7-6-8-17(3)19-9-10-20-23-21(12-14-26(19,20)4)27(5)13-11-18(29)15-22(27)24(28)25(23)30/h16-25,29-30H,6-15H2,1-5H3/t17-,18+,19-,20+,21+,22-,23+,24-,25+,26-,27-/m1/s1. The Morgan fingerprint density at radius 2 is 1.53 bits per heavy atom. The van der Waals surface area contributed by atoms with Crippen molar-refractivity contribution in [3.8, 4) is 0 Å². The van der Waals surface area contributed by atoms with Crippen LogP contribution in [0.15, 0.2) is 0 Å². The summed E-state index contributed by atoms with van der Waals surface area (Å²) in [5.41, 5.74) is 0.684. The van der Waals surface area contributed by atoms with Crippen LogP contribution in [0.1, 0.15) is 98.8 Å². The van der Waals surface area contributed by atoms with Gasteiger partial charge in [-0.3, -0.25) is 0 Å². The number of aliphatic hydroxyl groups excluding tert-OH is 2. The molecular weight excluding hydrogens is 436 g/mol. The monoisotopic (exact) mass is 482 g/mol. The largest absolute Gasteiger partial charge is 0.393 e. The lowest BCUT2D eigenvalue weighted by molar-refractivity contribution is -0.169. The zero-order valence-corrected chi connectivity index (χ0v) is 21.7. The molecule has 2 nitrogen and oxygen atoms in total. The molecule has 0 heterocycles. The van der Waals surface area contributed by atoms with Crippen molar-refractivity contribution in [3.05, 3.63) is 0 Å². The number of alkyl halides is 1. The van der Waals surface area contributed by atoms with Crippen LogP contribution in [0.25, 0.3) is 0 Å². The molecule has 0 aromatic carbocycles. The molecule has 0 amide bonds. The number of aliphatic hydroxyl groups is 2. The Hall–Kier alpha value is 0.400. The van der Waals surface area contributed by atoms with Crippen molar-refractivity contribution in [3.63, 3.8) is 0 Å². The normalized spacial score (nSPS) is 51.9. The third-order valence-corrected chi connectivity index (χ3v) is 12.1. The van der Waals surface area contributed by atoms with Gasteiger partial charge in [-0.05, 0) is 97.2 Å². The highest BCUT2D eigenvalue weighted by molar-refractivity contribution is 9.09. The molecule has 0 saturated heterocycles. The highest BCUT2D eigenvalue weighted by Gasteiger charge is 2.64. The third-order valence-electron chi connectivity index (χ3n) is 10.9. The quantitative estimate of drug-likeness (QED) is 0.422. The predicted molar refractivity (Wildman–Crippen MR) is 129 cm³/mol. The third kappa shape index (κ3) is 3.75. The fourth-order valence-corrected chi connectivity index (χ4v) is 10.4. The van der Waals surface area contributed by atoms with Gasteiger partial charge in [0.25, 0.3) is 0 Å². The molecule has 11 atom stereocenters. The summed E-state index contributed by atoms with van der Waals surface area (Å²) in [5.74, 6) is 4.61. The molecule has 0 radical (unpaired) electrons. The average Bonchev–Trinajstić information content (AvgIpc) is 3.04. The van der Waals surface area contributed by atoms with E-state index in [0.717, 1.165) is 37.0 Å². The number of halogens is 1. The molecular formula is C27H47BrO2. The van der Waals surface area contributed by atoms with Crippen LogP contribution in [0.2, 0.25) is 0 Å². The van der Waals surface area contributed by atoms with Crippen LogP contribution in [0.3, 0.4) is 0 Å². The minimum absolute atomic E-state index is 0.142. The SMILES string of the molecule is CC(C)CCC[C@@H](C)[C@H]1CC[C@H]2[C@@H]3[C@H](O)[C@H](Br)[C@H]4C[C@@H](O)CC[C@]4(C)[C@H]3CC[C@]12C. The Kier molecular flexibility index (Phi) is 6.78. The first kappa shape index (κ1) is 23.6. The van der Waals surface area contributed by atoms with Gasteiger partial charge in [0, 0.05) is 4.83 Å². The van der Waals surface area contributed by atoms with Gasteiger partial charge in [0.2, 0.25) is 0 Å². The van der Waals surface area contributed by atoms with E-state index in [-0.39, 0.29) is 22.5 Å². The highest BCUT2D eigenvalue weighted by Crippen LogP contribution is 2.69. The second kappa shape index (κ2) is 8.64. The molecule has 4 rings (SSSR count). The summed E-state index contributed by atoms with van der Waals surface area (Å²) in [6.45, 7) is 12.3. The van der Waals surface area contributed by atoms with Gasteiger partial charge in [-0.15, -0.1) is 0 Å². The topological polar surface area (TPSA) is 40.5 Å². The second-order valence-electron chi connectivity index (χ2n) is 12.8. The summed E-state index contributed by atoms with van der Waals surface area (Å²) >= 11 is 3.97. The van der Waals surface area contributed by atoms with Gasteiger partial charge in [0.15, 0.2) is 0 Å². The van der Waals surface area contributed by atoms with Crippen molar-refractivity contribution in [2.24, 2.45) is 52.3 Å². The lowest BCUT2D eigenvalue weighted by Gasteiger charge is -2.63.